The van der Waals surface area contributed by atoms with Crippen molar-refractivity contribution in [3.8, 4) is 22.3 Å². The first-order valence-electron chi connectivity index (χ1n) is 16.5. The van der Waals surface area contributed by atoms with Crippen molar-refractivity contribution in [2.75, 3.05) is 0 Å². The van der Waals surface area contributed by atoms with E-state index in [0.717, 1.165) is 27.6 Å². The van der Waals surface area contributed by atoms with Crippen LogP contribution >= 0.6 is 0 Å². The highest BCUT2D eigenvalue weighted by Crippen LogP contribution is 2.57. The summed E-state index contributed by atoms with van der Waals surface area (Å²) in [5.74, 6) is 0. The summed E-state index contributed by atoms with van der Waals surface area (Å²) in [4.78, 5) is 10.4. The van der Waals surface area contributed by atoms with Gasteiger partial charge >= 0.3 is 0 Å². The standard InChI is InChI=1S/C45H27N3/c1-3-13-29(14-4-1)45(30-15-5-2-6-16-30)37-22-8-7-17-32(37)36-27-28(25-26-38(36)45)31-18-11-19-33-34-20-12-21-35-41-44(48(42(31)33)43(34)35)47-40-24-10-9-23-39(40)46-41/h1-27H. The Labute approximate surface area is 276 Å². The molecule has 10 aromatic rings. The van der Waals surface area contributed by atoms with Gasteiger partial charge in [-0.15, -0.1) is 0 Å². The van der Waals surface area contributed by atoms with E-state index < -0.39 is 5.41 Å². The van der Waals surface area contributed by atoms with Crippen molar-refractivity contribution in [3.05, 3.63) is 186 Å². The van der Waals surface area contributed by atoms with Crippen molar-refractivity contribution in [1.29, 1.82) is 0 Å². The zero-order chi connectivity index (χ0) is 31.4. The van der Waals surface area contributed by atoms with Crippen LogP contribution in [-0.4, -0.2) is 14.4 Å². The lowest BCUT2D eigenvalue weighted by Crippen LogP contribution is -2.28. The minimum Gasteiger partial charge on any atom is -0.291 e. The zero-order valence-electron chi connectivity index (χ0n) is 25.9. The van der Waals surface area contributed by atoms with Gasteiger partial charge in [0, 0.05) is 21.7 Å². The van der Waals surface area contributed by atoms with Crippen LogP contribution in [0.1, 0.15) is 22.3 Å². The Hall–Kier alpha value is -6.32. The Morgan fingerprint density at radius 3 is 1.77 bits per heavy atom. The topological polar surface area (TPSA) is 30.2 Å². The van der Waals surface area contributed by atoms with Crippen LogP contribution in [0.5, 0.6) is 0 Å². The molecule has 222 valence electrons. The van der Waals surface area contributed by atoms with E-state index >= 15 is 0 Å². The van der Waals surface area contributed by atoms with Crippen molar-refractivity contribution in [3.63, 3.8) is 0 Å². The number of hydrogen-bond acceptors (Lipinski definition) is 2. The summed E-state index contributed by atoms with van der Waals surface area (Å²) in [6, 6.07) is 59.5. The lowest BCUT2D eigenvalue weighted by molar-refractivity contribution is 0.768. The molecule has 3 heterocycles. The predicted octanol–water partition coefficient (Wildman–Crippen LogP) is 10.8. The number of benzene rings is 7. The number of para-hydroxylation sites is 4. The molecular weight excluding hydrogens is 583 g/mol. The van der Waals surface area contributed by atoms with Crippen LogP contribution in [-0.2, 0) is 5.41 Å². The number of hydrogen-bond donors (Lipinski definition) is 0. The van der Waals surface area contributed by atoms with Gasteiger partial charge in [0.15, 0.2) is 5.65 Å². The first kappa shape index (κ1) is 25.8. The van der Waals surface area contributed by atoms with Crippen LogP contribution in [0.25, 0.3) is 71.6 Å². The van der Waals surface area contributed by atoms with E-state index in [2.05, 4.69) is 150 Å². The number of nitrogens with zero attached hydrogens (tertiary/aromatic N) is 3. The summed E-state index contributed by atoms with van der Waals surface area (Å²) in [5.41, 5.74) is 15.7. The van der Waals surface area contributed by atoms with E-state index in [1.54, 1.807) is 0 Å². The van der Waals surface area contributed by atoms with E-state index in [9.17, 15) is 0 Å². The number of fused-ring (bicyclic) bond motifs is 10. The van der Waals surface area contributed by atoms with Crippen molar-refractivity contribution in [1.82, 2.24) is 14.4 Å². The first-order chi connectivity index (χ1) is 23.8. The second-order valence-electron chi connectivity index (χ2n) is 12.9. The van der Waals surface area contributed by atoms with Gasteiger partial charge in [-0.1, -0.05) is 146 Å². The van der Waals surface area contributed by atoms with Gasteiger partial charge in [-0.3, -0.25) is 4.40 Å². The third-order valence-corrected chi connectivity index (χ3v) is 10.6. The molecular formula is C45H27N3. The molecule has 48 heavy (non-hydrogen) atoms. The van der Waals surface area contributed by atoms with Crippen molar-refractivity contribution >= 4 is 49.4 Å². The van der Waals surface area contributed by atoms with Crippen molar-refractivity contribution in [2.24, 2.45) is 0 Å². The highest BCUT2D eigenvalue weighted by Gasteiger charge is 2.46. The van der Waals surface area contributed by atoms with Crippen LogP contribution in [0.15, 0.2) is 164 Å². The summed E-state index contributed by atoms with van der Waals surface area (Å²) in [7, 11) is 0. The largest absolute Gasteiger partial charge is 0.291 e. The van der Waals surface area contributed by atoms with Gasteiger partial charge in [-0.2, -0.15) is 0 Å². The van der Waals surface area contributed by atoms with E-state index in [0.29, 0.717) is 0 Å². The molecule has 0 radical (unpaired) electrons. The molecule has 3 nitrogen and oxygen atoms in total. The maximum absolute atomic E-state index is 5.23. The van der Waals surface area contributed by atoms with Gasteiger partial charge in [-0.25, -0.2) is 9.97 Å². The minimum absolute atomic E-state index is 0.415. The molecule has 0 fully saturated rings. The van der Waals surface area contributed by atoms with Gasteiger partial charge < -0.3 is 0 Å². The molecule has 0 unspecified atom stereocenters. The molecule has 0 spiro atoms. The molecule has 0 N–H and O–H groups in total. The second-order valence-corrected chi connectivity index (χ2v) is 12.9. The number of aromatic nitrogens is 3. The smallest absolute Gasteiger partial charge is 0.165 e. The van der Waals surface area contributed by atoms with Crippen LogP contribution in [0, 0.1) is 0 Å². The fraction of sp³-hybridized carbons (Fsp3) is 0.0222. The highest BCUT2D eigenvalue weighted by atomic mass is 15.0. The third-order valence-electron chi connectivity index (χ3n) is 10.6. The van der Waals surface area contributed by atoms with Crippen molar-refractivity contribution < 1.29 is 0 Å². The Morgan fingerprint density at radius 2 is 1.00 bits per heavy atom. The Bertz CT molecular complexity index is 2850. The van der Waals surface area contributed by atoms with E-state index in [-0.39, 0.29) is 0 Å². The van der Waals surface area contributed by atoms with Gasteiger partial charge in [0.1, 0.15) is 5.52 Å². The van der Waals surface area contributed by atoms with Crippen molar-refractivity contribution in [2.45, 2.75) is 5.41 Å². The Kier molecular flexibility index (Phi) is 5.04. The molecule has 0 amide bonds. The molecule has 0 atom stereocenters. The van der Waals surface area contributed by atoms with E-state index in [1.165, 1.54) is 66.3 Å². The molecule has 1 aliphatic rings. The fourth-order valence-electron chi connectivity index (χ4n) is 8.70. The van der Waals surface area contributed by atoms with E-state index in [1.807, 2.05) is 18.2 Å². The lowest BCUT2D eigenvalue weighted by Gasteiger charge is -2.33. The van der Waals surface area contributed by atoms with Crippen LogP contribution in [0.2, 0.25) is 0 Å². The molecule has 3 aromatic heterocycles. The van der Waals surface area contributed by atoms with Crippen LogP contribution in [0.3, 0.4) is 0 Å². The molecule has 0 bridgehead atoms. The fourth-order valence-corrected chi connectivity index (χ4v) is 8.70. The third kappa shape index (κ3) is 3.18. The summed E-state index contributed by atoms with van der Waals surface area (Å²) in [5, 5.41) is 3.60. The normalized spacial score (nSPS) is 13.6. The first-order valence-corrected chi connectivity index (χ1v) is 16.5. The molecule has 0 saturated carbocycles. The summed E-state index contributed by atoms with van der Waals surface area (Å²) in [6.07, 6.45) is 0. The zero-order valence-corrected chi connectivity index (χ0v) is 25.9. The van der Waals surface area contributed by atoms with E-state index in [4.69, 9.17) is 9.97 Å². The lowest BCUT2D eigenvalue weighted by atomic mass is 9.67. The van der Waals surface area contributed by atoms with Crippen LogP contribution < -0.4 is 0 Å². The maximum atomic E-state index is 5.23. The number of rotatable bonds is 3. The SMILES string of the molecule is c1ccc(C2(c3ccccc3)c3ccccc3-c3cc(-c4cccc5c6cccc7c8nc9ccccc9nc8n(c45)c67)ccc32)cc1. The van der Waals surface area contributed by atoms with Gasteiger partial charge in [0.2, 0.25) is 0 Å². The Morgan fingerprint density at radius 1 is 0.417 bits per heavy atom. The van der Waals surface area contributed by atoms with Crippen LogP contribution in [0.4, 0.5) is 0 Å². The highest BCUT2D eigenvalue weighted by molar-refractivity contribution is 6.24. The Balaban J connectivity index is 1.24. The summed E-state index contributed by atoms with van der Waals surface area (Å²) in [6.45, 7) is 0. The predicted molar refractivity (Wildman–Crippen MR) is 197 cm³/mol. The minimum atomic E-state index is -0.415. The second kappa shape index (κ2) is 9.37. The van der Waals surface area contributed by atoms with Gasteiger partial charge in [0.05, 0.1) is 27.5 Å². The summed E-state index contributed by atoms with van der Waals surface area (Å²) < 4.78 is 2.36. The molecule has 3 heteroatoms. The monoisotopic (exact) mass is 609 g/mol. The quantitative estimate of drug-likeness (QED) is 0.199. The molecule has 7 aromatic carbocycles. The molecule has 1 aliphatic carbocycles. The molecule has 0 aliphatic heterocycles. The maximum Gasteiger partial charge on any atom is 0.165 e. The average Bonchev–Trinajstić information content (AvgIpc) is 3.78. The van der Waals surface area contributed by atoms with Gasteiger partial charge in [0.25, 0.3) is 0 Å². The summed E-state index contributed by atoms with van der Waals surface area (Å²) >= 11 is 0. The molecule has 0 saturated heterocycles. The average molecular weight is 610 g/mol. The molecule has 11 rings (SSSR count). The van der Waals surface area contributed by atoms with Gasteiger partial charge in [-0.05, 0) is 57.1 Å².